The average molecular weight is 541 g/mol. The maximum atomic E-state index is 13.2. The van der Waals surface area contributed by atoms with Gasteiger partial charge in [-0.3, -0.25) is 4.79 Å². The first-order valence-corrected chi connectivity index (χ1v) is 13.5. The topological polar surface area (TPSA) is 69.1 Å². The highest BCUT2D eigenvalue weighted by atomic mass is 16.5. The van der Waals surface area contributed by atoms with Crippen LogP contribution in [0.5, 0.6) is 17.2 Å². The Morgan fingerprint density at radius 2 is 1.75 bits per heavy atom. The van der Waals surface area contributed by atoms with Crippen LogP contribution in [0, 0.1) is 0 Å². The van der Waals surface area contributed by atoms with Gasteiger partial charge < -0.3 is 24.0 Å². The van der Waals surface area contributed by atoms with Gasteiger partial charge in [-0.15, -0.1) is 0 Å². The smallest absolute Gasteiger partial charge is 0.254 e. The van der Waals surface area contributed by atoms with Gasteiger partial charge >= 0.3 is 0 Å². The molecule has 3 heterocycles. The minimum Gasteiger partial charge on any atom is -0.497 e. The number of amides is 1. The van der Waals surface area contributed by atoms with Crippen LogP contribution in [0.1, 0.15) is 40.7 Å². The van der Waals surface area contributed by atoms with E-state index in [9.17, 15) is 4.79 Å². The molecule has 1 atom stereocenters. The molecule has 2 aromatic carbocycles. The number of nitrogens with zero attached hydrogens (tertiary/aromatic N) is 4. The summed E-state index contributed by atoms with van der Waals surface area (Å²) in [5.41, 5.74) is 5.41. The van der Waals surface area contributed by atoms with E-state index in [1.54, 1.807) is 21.3 Å². The molecule has 1 aromatic heterocycles. The predicted molar refractivity (Wildman–Crippen MR) is 157 cm³/mol. The maximum absolute atomic E-state index is 13.2. The molecule has 0 spiro atoms. The van der Waals surface area contributed by atoms with Crippen LogP contribution < -0.4 is 14.2 Å². The third-order valence-corrected chi connectivity index (χ3v) is 7.55. The number of fused-ring (bicyclic) bond motifs is 1. The van der Waals surface area contributed by atoms with Crippen molar-refractivity contribution in [3.63, 3.8) is 0 Å². The van der Waals surface area contributed by atoms with E-state index in [0.717, 1.165) is 46.9 Å². The van der Waals surface area contributed by atoms with E-state index in [4.69, 9.17) is 19.3 Å². The highest BCUT2D eigenvalue weighted by Crippen LogP contribution is 2.33. The summed E-state index contributed by atoms with van der Waals surface area (Å²) in [5.74, 6) is 2.12. The molecule has 8 nitrogen and oxygen atoms in total. The number of carbonyl (C=O) groups excluding carboxylic acids is 1. The molecule has 5 rings (SSSR count). The van der Waals surface area contributed by atoms with E-state index in [1.807, 2.05) is 52.0 Å². The molecule has 0 saturated carbocycles. The molecular weight excluding hydrogens is 504 g/mol. The molecule has 0 radical (unpaired) electrons. The van der Waals surface area contributed by atoms with Gasteiger partial charge in [0.25, 0.3) is 5.91 Å². The van der Waals surface area contributed by atoms with Gasteiger partial charge in [-0.1, -0.05) is 18.7 Å². The first kappa shape index (κ1) is 27.1. The molecule has 40 heavy (non-hydrogen) atoms. The molecule has 2 aliphatic rings. The molecule has 0 unspecified atom stereocenters. The van der Waals surface area contributed by atoms with Gasteiger partial charge in [-0.2, -0.15) is 5.10 Å². The zero-order valence-corrected chi connectivity index (χ0v) is 23.6. The SMILES string of the molecule is C=C(c1cc2n(n1)/C(c1ccc(OC)c(OC)c1)=C\C=C/CC2)N1CCN(C(=O)c2ccc(OC)cc2)[C@@H](C)C1. The quantitative estimate of drug-likeness (QED) is 0.415. The van der Waals surface area contributed by atoms with Gasteiger partial charge in [0, 0.05) is 42.5 Å². The highest BCUT2D eigenvalue weighted by Gasteiger charge is 2.30. The van der Waals surface area contributed by atoms with Crippen molar-refractivity contribution >= 4 is 17.3 Å². The second kappa shape index (κ2) is 11.7. The monoisotopic (exact) mass is 540 g/mol. The lowest BCUT2D eigenvalue weighted by atomic mass is 10.1. The second-order valence-electron chi connectivity index (χ2n) is 9.99. The first-order chi connectivity index (χ1) is 19.4. The van der Waals surface area contributed by atoms with Crippen LogP contribution in [0.4, 0.5) is 0 Å². The van der Waals surface area contributed by atoms with Crippen LogP contribution >= 0.6 is 0 Å². The fourth-order valence-electron chi connectivity index (χ4n) is 5.28. The van der Waals surface area contributed by atoms with Crippen molar-refractivity contribution in [2.45, 2.75) is 25.8 Å². The van der Waals surface area contributed by atoms with E-state index >= 15 is 0 Å². The summed E-state index contributed by atoms with van der Waals surface area (Å²) in [6.45, 7) is 8.49. The van der Waals surface area contributed by atoms with Crippen molar-refractivity contribution in [2.24, 2.45) is 0 Å². The molecule has 3 aromatic rings. The van der Waals surface area contributed by atoms with Crippen LogP contribution in [-0.4, -0.2) is 72.5 Å². The average Bonchev–Trinajstić information content (AvgIpc) is 3.39. The Balaban J connectivity index is 1.35. The zero-order chi connectivity index (χ0) is 28.2. The fourth-order valence-corrected chi connectivity index (χ4v) is 5.28. The molecule has 0 N–H and O–H groups in total. The maximum Gasteiger partial charge on any atom is 0.254 e. The highest BCUT2D eigenvalue weighted by molar-refractivity contribution is 5.94. The number of benzene rings is 2. The van der Waals surface area contributed by atoms with E-state index < -0.39 is 0 Å². The predicted octanol–water partition coefficient (Wildman–Crippen LogP) is 5.12. The Morgan fingerprint density at radius 3 is 2.45 bits per heavy atom. The number of hydrogen-bond acceptors (Lipinski definition) is 6. The van der Waals surface area contributed by atoms with Crippen molar-refractivity contribution in [2.75, 3.05) is 41.0 Å². The van der Waals surface area contributed by atoms with Crippen LogP contribution in [0.3, 0.4) is 0 Å². The Labute approximate surface area is 235 Å². The molecular formula is C32H36N4O4. The number of ether oxygens (including phenoxy) is 3. The second-order valence-corrected chi connectivity index (χ2v) is 9.99. The lowest BCUT2D eigenvalue weighted by Gasteiger charge is -2.41. The zero-order valence-electron chi connectivity index (χ0n) is 23.6. The summed E-state index contributed by atoms with van der Waals surface area (Å²) in [6.07, 6.45) is 8.12. The van der Waals surface area contributed by atoms with E-state index in [-0.39, 0.29) is 11.9 Å². The summed E-state index contributed by atoms with van der Waals surface area (Å²) in [7, 11) is 4.89. The molecule has 8 heteroatoms. The van der Waals surface area contributed by atoms with Crippen molar-refractivity contribution in [3.8, 4) is 17.2 Å². The molecule has 1 fully saturated rings. The summed E-state index contributed by atoms with van der Waals surface area (Å²) in [6, 6.07) is 15.3. The van der Waals surface area contributed by atoms with Crippen LogP contribution in [0.2, 0.25) is 0 Å². The summed E-state index contributed by atoms with van der Waals surface area (Å²) < 4.78 is 18.2. The van der Waals surface area contributed by atoms with Crippen molar-refractivity contribution in [1.29, 1.82) is 0 Å². The van der Waals surface area contributed by atoms with Gasteiger partial charge in [0.05, 0.1) is 32.7 Å². The van der Waals surface area contributed by atoms with Crippen LogP contribution in [0.15, 0.2) is 73.3 Å². The largest absolute Gasteiger partial charge is 0.497 e. The van der Waals surface area contributed by atoms with Crippen molar-refractivity contribution in [3.05, 3.63) is 95.9 Å². The van der Waals surface area contributed by atoms with E-state index in [2.05, 4.69) is 42.7 Å². The summed E-state index contributed by atoms with van der Waals surface area (Å²) >= 11 is 0. The van der Waals surface area contributed by atoms with Crippen LogP contribution in [-0.2, 0) is 6.42 Å². The lowest BCUT2D eigenvalue weighted by molar-refractivity contribution is 0.0571. The number of carbonyl (C=O) groups is 1. The molecule has 1 saturated heterocycles. The molecule has 1 amide bonds. The number of methoxy groups -OCH3 is 3. The minimum absolute atomic E-state index is 0.0233. The molecule has 0 aliphatic carbocycles. The number of hydrogen-bond donors (Lipinski definition) is 0. The van der Waals surface area contributed by atoms with E-state index in [0.29, 0.717) is 36.7 Å². The fraction of sp³-hybridized carbons (Fsp3) is 0.312. The third-order valence-electron chi connectivity index (χ3n) is 7.55. The Hall–Kier alpha value is -4.46. The van der Waals surface area contributed by atoms with E-state index in [1.165, 1.54) is 0 Å². The lowest BCUT2D eigenvalue weighted by Crippen LogP contribution is -2.53. The van der Waals surface area contributed by atoms with Gasteiger partial charge in [-0.25, -0.2) is 4.68 Å². The van der Waals surface area contributed by atoms with Crippen molar-refractivity contribution < 1.29 is 19.0 Å². The molecule has 208 valence electrons. The normalized spacial score (nSPS) is 19.0. The van der Waals surface area contributed by atoms with Gasteiger partial charge in [-0.05, 0) is 74.4 Å². The summed E-state index contributed by atoms with van der Waals surface area (Å²) in [4.78, 5) is 17.4. The standard InChI is InChI=1S/C32H36N4O4/c1-22-21-34(17-18-35(22)32(37)24-11-14-27(38-3)15-12-24)23(2)28-20-26-9-7-6-8-10-29(36(26)33-28)25-13-16-30(39-4)31(19-25)40-5/h6,8,10-16,19-20,22H,2,7,9,17-18,21H2,1,3-5H3/b8-6-,29-10-/t22-/m0/s1. The molecule has 0 bridgehead atoms. The Morgan fingerprint density at radius 1 is 0.975 bits per heavy atom. The number of rotatable bonds is 7. The third kappa shape index (κ3) is 5.34. The number of allylic oxidation sites excluding steroid dienone is 3. The minimum atomic E-state index is 0.0233. The Bertz CT molecular complexity index is 1450. The number of aryl methyl sites for hydroxylation is 1. The first-order valence-electron chi connectivity index (χ1n) is 13.5. The van der Waals surface area contributed by atoms with Crippen molar-refractivity contribution in [1.82, 2.24) is 19.6 Å². The van der Waals surface area contributed by atoms with Crippen LogP contribution in [0.25, 0.3) is 11.4 Å². The number of piperazine rings is 1. The molecule has 2 aliphatic heterocycles. The Kier molecular flexibility index (Phi) is 7.96. The summed E-state index contributed by atoms with van der Waals surface area (Å²) in [5, 5.41) is 5.04. The number of aromatic nitrogens is 2. The van der Waals surface area contributed by atoms with Gasteiger partial charge in [0.15, 0.2) is 11.5 Å². The van der Waals surface area contributed by atoms with Gasteiger partial charge in [0.1, 0.15) is 11.4 Å². The van der Waals surface area contributed by atoms with Gasteiger partial charge in [0.2, 0.25) is 0 Å².